The molecule has 0 saturated carbocycles. The third-order valence-electron chi connectivity index (χ3n) is 2.01. The summed E-state index contributed by atoms with van der Waals surface area (Å²) >= 11 is 0. The zero-order valence-electron chi connectivity index (χ0n) is 8.49. The summed E-state index contributed by atoms with van der Waals surface area (Å²) < 4.78 is 0. The average molecular weight is 179 g/mol. The van der Waals surface area contributed by atoms with E-state index in [4.69, 9.17) is 5.73 Å². The first kappa shape index (κ1) is 9.84. The summed E-state index contributed by atoms with van der Waals surface area (Å²) in [6.07, 6.45) is 0. The van der Waals surface area contributed by atoms with Crippen molar-refractivity contribution in [3.05, 3.63) is 18.2 Å². The molecule has 0 atom stereocenters. The summed E-state index contributed by atoms with van der Waals surface area (Å²) in [6, 6.07) is 6.18. The van der Waals surface area contributed by atoms with Gasteiger partial charge in [-0.3, -0.25) is 0 Å². The van der Waals surface area contributed by atoms with Crippen molar-refractivity contribution < 1.29 is 0 Å². The Bertz CT molecular complexity index is 271. The van der Waals surface area contributed by atoms with Crippen LogP contribution in [0, 0.1) is 0 Å². The molecule has 2 N–H and O–H groups in total. The van der Waals surface area contributed by atoms with Crippen LogP contribution in [0.5, 0.6) is 0 Å². The normalized spacial score (nSPS) is 10.5. The van der Waals surface area contributed by atoms with Crippen LogP contribution in [0.3, 0.4) is 0 Å². The number of nitrogens with two attached hydrogens (primary N) is 1. The highest BCUT2D eigenvalue weighted by atomic mass is 15.2. The second-order valence-electron chi connectivity index (χ2n) is 3.30. The van der Waals surface area contributed by atoms with Gasteiger partial charge in [0.05, 0.1) is 0 Å². The topological polar surface area (TPSA) is 42.1 Å². The molecule has 3 heteroatoms. The number of aromatic nitrogens is 1. The molecule has 1 heterocycles. The maximum absolute atomic E-state index is 5.61. The van der Waals surface area contributed by atoms with E-state index < -0.39 is 0 Å². The molecule has 1 rings (SSSR count). The molecule has 0 unspecified atom stereocenters. The lowest BCUT2D eigenvalue weighted by Crippen LogP contribution is -2.31. The van der Waals surface area contributed by atoms with Crippen LogP contribution in [0.25, 0.3) is 0 Å². The quantitative estimate of drug-likeness (QED) is 0.770. The number of anilines is 2. The number of hydrogen-bond donors (Lipinski definition) is 1. The Hall–Kier alpha value is -1.25. The Balaban J connectivity index is 2.91. The van der Waals surface area contributed by atoms with Crippen LogP contribution in [-0.2, 0) is 0 Å². The summed E-state index contributed by atoms with van der Waals surface area (Å²) in [5.41, 5.74) is 5.61. The van der Waals surface area contributed by atoms with E-state index in [0.717, 1.165) is 12.4 Å². The van der Waals surface area contributed by atoms with Crippen molar-refractivity contribution in [1.82, 2.24) is 4.98 Å². The number of hydrogen-bond acceptors (Lipinski definition) is 3. The molecule has 1 aromatic heterocycles. The third-order valence-corrected chi connectivity index (χ3v) is 2.01. The van der Waals surface area contributed by atoms with Gasteiger partial charge in [-0.1, -0.05) is 6.07 Å². The van der Waals surface area contributed by atoms with Crippen LogP contribution in [0.4, 0.5) is 11.6 Å². The molecule has 0 radical (unpaired) electrons. The largest absolute Gasteiger partial charge is 0.384 e. The SMILES string of the molecule is CCN(c1cccc(N)n1)C(C)C. The van der Waals surface area contributed by atoms with E-state index in [1.165, 1.54) is 0 Å². The standard InChI is InChI=1S/C10H17N3/c1-4-13(8(2)3)10-7-5-6-9(11)12-10/h5-8H,4H2,1-3H3,(H2,11,12). The monoisotopic (exact) mass is 179 g/mol. The van der Waals surface area contributed by atoms with Crippen molar-refractivity contribution in [3.63, 3.8) is 0 Å². The van der Waals surface area contributed by atoms with Gasteiger partial charge in [-0.2, -0.15) is 0 Å². The van der Waals surface area contributed by atoms with Gasteiger partial charge < -0.3 is 10.6 Å². The molecule has 0 saturated heterocycles. The van der Waals surface area contributed by atoms with E-state index in [0.29, 0.717) is 11.9 Å². The van der Waals surface area contributed by atoms with Crippen molar-refractivity contribution in [3.8, 4) is 0 Å². The molecule has 0 aromatic carbocycles. The third kappa shape index (κ3) is 2.34. The first-order valence-electron chi connectivity index (χ1n) is 4.64. The van der Waals surface area contributed by atoms with E-state index in [2.05, 4.69) is 30.7 Å². The van der Waals surface area contributed by atoms with Gasteiger partial charge in [0.2, 0.25) is 0 Å². The maximum Gasteiger partial charge on any atom is 0.131 e. The molecule has 0 aliphatic carbocycles. The highest BCUT2D eigenvalue weighted by molar-refractivity contribution is 5.45. The van der Waals surface area contributed by atoms with E-state index in [9.17, 15) is 0 Å². The molecular weight excluding hydrogens is 162 g/mol. The van der Waals surface area contributed by atoms with Gasteiger partial charge in [0.15, 0.2) is 0 Å². The number of nitrogen functional groups attached to an aromatic ring is 1. The van der Waals surface area contributed by atoms with Crippen molar-refractivity contribution in [2.24, 2.45) is 0 Å². The molecule has 0 amide bonds. The van der Waals surface area contributed by atoms with E-state index >= 15 is 0 Å². The molecule has 72 valence electrons. The molecule has 0 aliphatic heterocycles. The van der Waals surface area contributed by atoms with Crippen LogP contribution in [0.2, 0.25) is 0 Å². The second-order valence-corrected chi connectivity index (χ2v) is 3.30. The van der Waals surface area contributed by atoms with Crippen LogP contribution in [0.1, 0.15) is 20.8 Å². The Morgan fingerprint density at radius 3 is 2.62 bits per heavy atom. The van der Waals surface area contributed by atoms with Crippen LogP contribution >= 0.6 is 0 Å². The molecule has 0 spiro atoms. The fraction of sp³-hybridized carbons (Fsp3) is 0.500. The fourth-order valence-electron chi connectivity index (χ4n) is 1.39. The number of rotatable bonds is 3. The van der Waals surface area contributed by atoms with Crippen molar-refractivity contribution >= 4 is 11.6 Å². The predicted molar refractivity (Wildman–Crippen MR) is 56.8 cm³/mol. The minimum atomic E-state index is 0.458. The van der Waals surface area contributed by atoms with Gasteiger partial charge in [0.1, 0.15) is 11.6 Å². The van der Waals surface area contributed by atoms with Crippen LogP contribution in [-0.4, -0.2) is 17.6 Å². The Labute approximate surface area is 79.6 Å². The predicted octanol–water partition coefficient (Wildman–Crippen LogP) is 1.90. The van der Waals surface area contributed by atoms with Crippen LogP contribution in [0.15, 0.2) is 18.2 Å². The summed E-state index contributed by atoms with van der Waals surface area (Å²) in [5.74, 6) is 1.54. The zero-order valence-corrected chi connectivity index (χ0v) is 8.49. The minimum Gasteiger partial charge on any atom is -0.384 e. The molecule has 1 aromatic rings. The highest BCUT2D eigenvalue weighted by Gasteiger charge is 2.08. The average Bonchev–Trinajstić information content (AvgIpc) is 2.04. The van der Waals surface area contributed by atoms with Gasteiger partial charge in [-0.05, 0) is 32.9 Å². The van der Waals surface area contributed by atoms with Gasteiger partial charge in [0.25, 0.3) is 0 Å². The zero-order chi connectivity index (χ0) is 9.84. The summed E-state index contributed by atoms with van der Waals surface area (Å²) in [4.78, 5) is 6.47. The second kappa shape index (κ2) is 4.12. The first-order valence-corrected chi connectivity index (χ1v) is 4.64. The summed E-state index contributed by atoms with van der Waals surface area (Å²) in [5, 5.41) is 0. The summed E-state index contributed by atoms with van der Waals surface area (Å²) in [6.45, 7) is 7.36. The maximum atomic E-state index is 5.61. The Morgan fingerprint density at radius 2 is 2.15 bits per heavy atom. The van der Waals surface area contributed by atoms with Gasteiger partial charge in [-0.25, -0.2) is 4.98 Å². The number of nitrogens with zero attached hydrogens (tertiary/aromatic N) is 2. The first-order chi connectivity index (χ1) is 6.15. The van der Waals surface area contributed by atoms with E-state index in [1.807, 2.05) is 12.1 Å². The lowest BCUT2D eigenvalue weighted by molar-refractivity contribution is 0.694. The van der Waals surface area contributed by atoms with Crippen molar-refractivity contribution in [2.75, 3.05) is 17.2 Å². The lowest BCUT2D eigenvalue weighted by atomic mass is 10.3. The Kier molecular flexibility index (Phi) is 3.12. The fourth-order valence-corrected chi connectivity index (χ4v) is 1.39. The van der Waals surface area contributed by atoms with Crippen molar-refractivity contribution in [1.29, 1.82) is 0 Å². The van der Waals surface area contributed by atoms with E-state index in [-0.39, 0.29) is 0 Å². The molecule has 0 aliphatic rings. The smallest absolute Gasteiger partial charge is 0.131 e. The molecule has 0 fully saturated rings. The van der Waals surface area contributed by atoms with Gasteiger partial charge >= 0.3 is 0 Å². The van der Waals surface area contributed by atoms with Crippen molar-refractivity contribution in [2.45, 2.75) is 26.8 Å². The lowest BCUT2D eigenvalue weighted by Gasteiger charge is -2.26. The Morgan fingerprint density at radius 1 is 1.46 bits per heavy atom. The van der Waals surface area contributed by atoms with E-state index in [1.54, 1.807) is 6.07 Å². The molecule has 0 bridgehead atoms. The minimum absolute atomic E-state index is 0.458. The van der Waals surface area contributed by atoms with Gasteiger partial charge in [-0.15, -0.1) is 0 Å². The van der Waals surface area contributed by atoms with Crippen LogP contribution < -0.4 is 10.6 Å². The number of pyridine rings is 1. The molecule has 13 heavy (non-hydrogen) atoms. The summed E-state index contributed by atoms with van der Waals surface area (Å²) in [7, 11) is 0. The van der Waals surface area contributed by atoms with Gasteiger partial charge in [0, 0.05) is 12.6 Å². The molecular formula is C10H17N3. The molecule has 3 nitrogen and oxygen atoms in total. The highest BCUT2D eigenvalue weighted by Crippen LogP contribution is 2.14.